The fourth-order valence-corrected chi connectivity index (χ4v) is 5.25. The number of nitriles is 1. The SMILES string of the molecule is CSc1ncc(-c2ccc(-c3cc(C(F)(F)F)c(C#N)c(=O)n3Cc3ccc(F)cc3F)s2)cc1C. The summed E-state index contributed by atoms with van der Waals surface area (Å²) in [4.78, 5) is 18.4. The summed E-state index contributed by atoms with van der Waals surface area (Å²) in [5.41, 5.74) is -2.29. The van der Waals surface area contributed by atoms with E-state index < -0.39 is 41.0 Å². The molecule has 4 aromatic rings. The molecular formula is C25H16F5N3OS2. The molecule has 4 nitrogen and oxygen atoms in total. The summed E-state index contributed by atoms with van der Waals surface area (Å²) in [6, 6.07) is 9.89. The van der Waals surface area contributed by atoms with Gasteiger partial charge >= 0.3 is 6.18 Å². The molecule has 0 radical (unpaired) electrons. The number of aryl methyl sites for hydroxylation is 1. The van der Waals surface area contributed by atoms with Gasteiger partial charge in [-0.1, -0.05) is 6.07 Å². The predicted molar refractivity (Wildman–Crippen MR) is 129 cm³/mol. The summed E-state index contributed by atoms with van der Waals surface area (Å²) in [5, 5.41) is 10.2. The fraction of sp³-hybridized carbons (Fsp3) is 0.160. The lowest BCUT2D eigenvalue weighted by Crippen LogP contribution is -2.28. The van der Waals surface area contributed by atoms with Crippen LogP contribution in [0.5, 0.6) is 0 Å². The Balaban J connectivity index is 1.91. The molecule has 0 aliphatic carbocycles. The number of thioether (sulfide) groups is 1. The van der Waals surface area contributed by atoms with Crippen LogP contribution in [0.15, 0.2) is 58.5 Å². The third-order valence-corrected chi connectivity index (χ3v) is 7.40. The molecule has 0 atom stereocenters. The number of hydrogen-bond acceptors (Lipinski definition) is 5. The molecule has 0 N–H and O–H groups in total. The second-order valence-electron chi connectivity index (χ2n) is 7.77. The van der Waals surface area contributed by atoms with Gasteiger partial charge in [0.25, 0.3) is 5.56 Å². The van der Waals surface area contributed by atoms with Crippen LogP contribution in [0.4, 0.5) is 22.0 Å². The molecule has 0 bridgehead atoms. The summed E-state index contributed by atoms with van der Waals surface area (Å²) in [5.74, 6) is -1.80. The van der Waals surface area contributed by atoms with Gasteiger partial charge in [-0.3, -0.25) is 4.79 Å². The van der Waals surface area contributed by atoms with Crippen molar-refractivity contribution in [3.05, 3.63) is 92.9 Å². The number of pyridine rings is 2. The maximum Gasteiger partial charge on any atom is 0.417 e. The van der Waals surface area contributed by atoms with Gasteiger partial charge in [-0.25, -0.2) is 13.8 Å². The van der Waals surface area contributed by atoms with Crippen molar-refractivity contribution >= 4 is 23.1 Å². The minimum absolute atomic E-state index is 0.118. The number of aromatic nitrogens is 2. The highest BCUT2D eigenvalue weighted by atomic mass is 32.2. The highest BCUT2D eigenvalue weighted by Gasteiger charge is 2.36. The summed E-state index contributed by atoms with van der Waals surface area (Å²) in [6.45, 7) is 1.39. The summed E-state index contributed by atoms with van der Waals surface area (Å²) in [6.07, 6.45) is -1.42. The molecule has 1 aromatic carbocycles. The van der Waals surface area contributed by atoms with E-state index in [-0.39, 0.29) is 11.3 Å². The molecule has 0 aliphatic heterocycles. The number of nitrogens with zero attached hydrogens (tertiary/aromatic N) is 3. The monoisotopic (exact) mass is 533 g/mol. The molecule has 0 amide bonds. The molecule has 0 aliphatic rings. The van der Waals surface area contributed by atoms with Crippen molar-refractivity contribution in [2.24, 2.45) is 0 Å². The molecule has 0 saturated heterocycles. The molecule has 36 heavy (non-hydrogen) atoms. The summed E-state index contributed by atoms with van der Waals surface area (Å²) >= 11 is 2.61. The Morgan fingerprint density at radius 1 is 1.11 bits per heavy atom. The Kier molecular flexibility index (Phi) is 7.02. The fourth-order valence-electron chi connectivity index (χ4n) is 3.70. The topological polar surface area (TPSA) is 58.7 Å². The van der Waals surface area contributed by atoms with Gasteiger partial charge in [-0.15, -0.1) is 23.1 Å². The first-order chi connectivity index (χ1) is 17.0. The number of alkyl halides is 3. The molecule has 11 heteroatoms. The van der Waals surface area contributed by atoms with Crippen molar-refractivity contribution in [3.63, 3.8) is 0 Å². The Bertz CT molecular complexity index is 1570. The van der Waals surface area contributed by atoms with Gasteiger partial charge in [-0.05, 0) is 49.1 Å². The largest absolute Gasteiger partial charge is 0.417 e. The van der Waals surface area contributed by atoms with E-state index in [1.54, 1.807) is 18.3 Å². The third-order valence-electron chi connectivity index (χ3n) is 5.43. The molecule has 3 heterocycles. The zero-order valence-corrected chi connectivity index (χ0v) is 20.4. The van der Waals surface area contributed by atoms with Crippen molar-refractivity contribution in [1.82, 2.24) is 9.55 Å². The Morgan fingerprint density at radius 3 is 2.44 bits per heavy atom. The number of halogens is 5. The van der Waals surface area contributed by atoms with E-state index in [1.165, 1.54) is 17.8 Å². The van der Waals surface area contributed by atoms with Gasteiger partial charge in [0.15, 0.2) is 0 Å². The standard InChI is InChI=1S/C25H16F5N3OS2/c1-13-7-15(11-32-23(13)35-2)21-5-6-22(36-21)20-9-18(25(28,29)30)17(10-31)24(34)33(20)12-14-3-4-16(26)8-19(14)27/h3-9,11H,12H2,1-2H3. The summed E-state index contributed by atoms with van der Waals surface area (Å²) in [7, 11) is 0. The molecule has 0 fully saturated rings. The van der Waals surface area contributed by atoms with Gasteiger partial charge in [0.05, 0.1) is 27.7 Å². The van der Waals surface area contributed by atoms with Crippen LogP contribution in [0, 0.1) is 29.9 Å². The molecular weight excluding hydrogens is 517 g/mol. The average Bonchev–Trinajstić information content (AvgIpc) is 3.31. The van der Waals surface area contributed by atoms with Crippen molar-refractivity contribution in [3.8, 4) is 27.1 Å². The van der Waals surface area contributed by atoms with Gasteiger partial charge in [0, 0.05) is 28.3 Å². The van der Waals surface area contributed by atoms with Crippen LogP contribution in [-0.2, 0) is 12.7 Å². The zero-order chi connectivity index (χ0) is 26.2. The molecule has 0 saturated carbocycles. The number of benzene rings is 1. The van der Waals surface area contributed by atoms with Gasteiger partial charge in [-0.2, -0.15) is 18.4 Å². The summed E-state index contributed by atoms with van der Waals surface area (Å²) < 4.78 is 69.9. The predicted octanol–water partition coefficient (Wildman–Crippen LogP) is 6.89. The van der Waals surface area contributed by atoms with Crippen LogP contribution in [0.2, 0.25) is 0 Å². The van der Waals surface area contributed by atoms with E-state index in [4.69, 9.17) is 0 Å². The maximum absolute atomic E-state index is 14.4. The van der Waals surface area contributed by atoms with Crippen LogP contribution in [0.1, 0.15) is 22.3 Å². The molecule has 0 unspecified atom stereocenters. The van der Waals surface area contributed by atoms with Crippen LogP contribution >= 0.6 is 23.1 Å². The molecule has 184 valence electrons. The smallest absolute Gasteiger partial charge is 0.302 e. The number of hydrogen-bond donors (Lipinski definition) is 0. The highest BCUT2D eigenvalue weighted by molar-refractivity contribution is 7.98. The van der Waals surface area contributed by atoms with E-state index in [9.17, 15) is 32.0 Å². The van der Waals surface area contributed by atoms with E-state index in [2.05, 4.69) is 4.98 Å². The first kappa shape index (κ1) is 25.6. The lowest BCUT2D eigenvalue weighted by Gasteiger charge is -2.17. The van der Waals surface area contributed by atoms with Gasteiger partial charge in [0.1, 0.15) is 23.3 Å². The first-order valence-corrected chi connectivity index (χ1v) is 12.4. The van der Waals surface area contributed by atoms with Crippen LogP contribution < -0.4 is 5.56 Å². The van der Waals surface area contributed by atoms with E-state index in [1.807, 2.05) is 19.2 Å². The number of thiophene rings is 1. The number of rotatable bonds is 5. The maximum atomic E-state index is 14.4. The first-order valence-electron chi connectivity index (χ1n) is 10.3. The highest BCUT2D eigenvalue weighted by Crippen LogP contribution is 2.38. The van der Waals surface area contributed by atoms with Crippen molar-refractivity contribution in [2.75, 3.05) is 6.26 Å². The Morgan fingerprint density at radius 2 is 1.83 bits per heavy atom. The second kappa shape index (κ2) is 9.87. The van der Waals surface area contributed by atoms with E-state index in [0.717, 1.165) is 50.3 Å². The van der Waals surface area contributed by atoms with Gasteiger partial charge in [0.2, 0.25) is 0 Å². The zero-order valence-electron chi connectivity index (χ0n) is 18.8. The van der Waals surface area contributed by atoms with Crippen LogP contribution in [0.3, 0.4) is 0 Å². The minimum atomic E-state index is -4.96. The average molecular weight is 534 g/mol. The quantitative estimate of drug-likeness (QED) is 0.207. The van der Waals surface area contributed by atoms with Gasteiger partial charge < -0.3 is 4.57 Å². The molecule has 3 aromatic heterocycles. The normalized spacial score (nSPS) is 11.5. The van der Waals surface area contributed by atoms with Crippen LogP contribution in [-0.4, -0.2) is 15.8 Å². The lowest BCUT2D eigenvalue weighted by atomic mass is 10.1. The van der Waals surface area contributed by atoms with E-state index >= 15 is 0 Å². The van der Waals surface area contributed by atoms with Crippen LogP contribution in [0.25, 0.3) is 21.0 Å². The Hall–Kier alpha value is -3.49. The van der Waals surface area contributed by atoms with Crippen molar-refractivity contribution in [2.45, 2.75) is 24.7 Å². The van der Waals surface area contributed by atoms with E-state index in [0.29, 0.717) is 15.8 Å². The molecule has 0 spiro atoms. The van der Waals surface area contributed by atoms with Crippen molar-refractivity contribution in [1.29, 1.82) is 5.26 Å². The lowest BCUT2D eigenvalue weighted by molar-refractivity contribution is -0.137. The molecule has 4 rings (SSSR count). The minimum Gasteiger partial charge on any atom is -0.302 e. The second-order valence-corrected chi connectivity index (χ2v) is 9.65. The third kappa shape index (κ3) is 4.92. The Labute approximate surface area is 210 Å². The van der Waals surface area contributed by atoms with Crippen molar-refractivity contribution < 1.29 is 22.0 Å².